The highest BCUT2D eigenvalue weighted by molar-refractivity contribution is 5.71. The molecule has 0 rings (SSSR count). The Morgan fingerprint density at radius 2 is 0.582 bits per heavy atom. The fourth-order valence-corrected chi connectivity index (χ4v) is 7.55. The molecule has 0 aliphatic rings. The Kier molecular flexibility index (Phi) is 51.9. The van der Waals surface area contributed by atoms with E-state index in [1.54, 1.807) is 0 Å². The molecule has 6 nitrogen and oxygen atoms in total. The van der Waals surface area contributed by atoms with Crippen molar-refractivity contribution in [1.29, 1.82) is 0 Å². The summed E-state index contributed by atoms with van der Waals surface area (Å²) in [6.07, 6.45) is 72.4. The monoisotopic (exact) mass is 931 g/mol. The number of rotatable bonds is 49. The second-order valence-corrected chi connectivity index (χ2v) is 18.2. The molecule has 0 fully saturated rings. The van der Waals surface area contributed by atoms with E-state index in [4.69, 9.17) is 14.2 Å². The zero-order chi connectivity index (χ0) is 48.6. The normalized spacial score (nSPS) is 12.8. The average Bonchev–Trinajstić information content (AvgIpc) is 3.33. The van der Waals surface area contributed by atoms with Gasteiger partial charge in [0.2, 0.25) is 0 Å². The number of hydrogen-bond donors (Lipinski definition) is 0. The van der Waals surface area contributed by atoms with Gasteiger partial charge in [0.1, 0.15) is 13.2 Å². The molecule has 382 valence electrons. The third-order valence-electron chi connectivity index (χ3n) is 11.7. The summed E-state index contributed by atoms with van der Waals surface area (Å²) < 4.78 is 16.8. The smallest absolute Gasteiger partial charge is 0.306 e. The maximum absolute atomic E-state index is 12.8. The van der Waals surface area contributed by atoms with E-state index in [1.807, 2.05) is 0 Å². The number of hydrogen-bond acceptors (Lipinski definition) is 6. The van der Waals surface area contributed by atoms with Gasteiger partial charge in [0, 0.05) is 19.3 Å². The second-order valence-electron chi connectivity index (χ2n) is 18.2. The Hall–Kier alpha value is -3.67. The van der Waals surface area contributed by atoms with Crippen molar-refractivity contribution in [2.45, 2.75) is 258 Å². The maximum Gasteiger partial charge on any atom is 0.306 e. The molecule has 0 aliphatic carbocycles. The molecule has 0 saturated heterocycles. The molecule has 0 aliphatic heterocycles. The molecule has 6 heteroatoms. The lowest BCUT2D eigenvalue weighted by molar-refractivity contribution is -0.167. The van der Waals surface area contributed by atoms with Gasteiger partial charge in [0.05, 0.1) is 0 Å². The Balaban J connectivity index is 4.40. The molecule has 67 heavy (non-hydrogen) atoms. The van der Waals surface area contributed by atoms with Crippen molar-refractivity contribution >= 4 is 17.9 Å². The molecule has 0 bridgehead atoms. The number of unbranched alkanes of at least 4 members (excludes halogenated alkanes) is 27. The molecule has 0 heterocycles. The molecule has 0 radical (unpaired) electrons. The topological polar surface area (TPSA) is 78.9 Å². The molecule has 0 amide bonds. The predicted molar refractivity (Wildman–Crippen MR) is 288 cm³/mol. The first-order chi connectivity index (χ1) is 33.0. The van der Waals surface area contributed by atoms with Gasteiger partial charge in [-0.1, -0.05) is 246 Å². The van der Waals surface area contributed by atoms with Gasteiger partial charge in [-0.2, -0.15) is 0 Å². The summed E-state index contributed by atoms with van der Waals surface area (Å²) >= 11 is 0. The fraction of sp³-hybridized carbons (Fsp3) is 0.689. The highest BCUT2D eigenvalue weighted by Gasteiger charge is 2.19. The van der Waals surface area contributed by atoms with Crippen LogP contribution in [0.3, 0.4) is 0 Å². The first-order valence-corrected chi connectivity index (χ1v) is 27.8. The van der Waals surface area contributed by atoms with Crippen molar-refractivity contribution in [1.82, 2.24) is 0 Å². The van der Waals surface area contributed by atoms with E-state index in [-0.39, 0.29) is 31.1 Å². The Morgan fingerprint density at radius 3 is 0.910 bits per heavy atom. The Morgan fingerprint density at radius 1 is 0.313 bits per heavy atom. The van der Waals surface area contributed by atoms with Crippen LogP contribution in [0, 0.1) is 0 Å². The van der Waals surface area contributed by atoms with E-state index in [2.05, 4.69) is 118 Å². The van der Waals surface area contributed by atoms with Gasteiger partial charge in [-0.15, -0.1) is 0 Å². The lowest BCUT2D eigenvalue weighted by atomic mass is 10.1. The van der Waals surface area contributed by atoms with E-state index < -0.39 is 6.10 Å². The van der Waals surface area contributed by atoms with Crippen LogP contribution >= 0.6 is 0 Å². The van der Waals surface area contributed by atoms with Gasteiger partial charge in [0.25, 0.3) is 0 Å². The summed E-state index contributed by atoms with van der Waals surface area (Å²) in [7, 11) is 0. The molecule has 0 N–H and O–H groups in total. The summed E-state index contributed by atoms with van der Waals surface area (Å²) in [5, 5.41) is 0. The molecule has 0 aromatic rings. The summed E-state index contributed by atoms with van der Waals surface area (Å²) in [6.45, 7) is 6.34. The summed E-state index contributed by atoms with van der Waals surface area (Å²) in [5.74, 6) is -0.915. The molecule has 0 aromatic carbocycles. The largest absolute Gasteiger partial charge is 0.462 e. The fourth-order valence-electron chi connectivity index (χ4n) is 7.55. The molecule has 0 spiro atoms. The molecular formula is C61H102O6. The Labute approximate surface area is 413 Å². The lowest BCUT2D eigenvalue weighted by Gasteiger charge is -2.18. The zero-order valence-corrected chi connectivity index (χ0v) is 43.6. The molecule has 0 aromatic heterocycles. The number of carbonyl (C=O) groups excluding carboxylic acids is 3. The minimum Gasteiger partial charge on any atom is -0.462 e. The van der Waals surface area contributed by atoms with E-state index in [0.717, 1.165) is 83.5 Å². The van der Waals surface area contributed by atoms with Crippen LogP contribution in [0.4, 0.5) is 0 Å². The van der Waals surface area contributed by atoms with E-state index in [0.29, 0.717) is 19.3 Å². The van der Waals surface area contributed by atoms with Crippen molar-refractivity contribution < 1.29 is 28.6 Å². The number of allylic oxidation sites excluding steroid dienone is 16. The summed E-state index contributed by atoms with van der Waals surface area (Å²) in [6, 6.07) is 0. The summed E-state index contributed by atoms with van der Waals surface area (Å²) in [4.78, 5) is 38.1. The molecular weight excluding hydrogens is 829 g/mol. The Bertz CT molecular complexity index is 1350. The van der Waals surface area contributed by atoms with Crippen molar-refractivity contribution in [3.8, 4) is 0 Å². The van der Waals surface area contributed by atoms with Crippen LogP contribution in [-0.2, 0) is 28.6 Å². The quantitative estimate of drug-likeness (QED) is 0.0262. The lowest BCUT2D eigenvalue weighted by Crippen LogP contribution is -2.30. The molecule has 1 unspecified atom stereocenters. The molecule has 0 saturated carbocycles. The second kappa shape index (κ2) is 54.9. The third kappa shape index (κ3) is 53.2. The van der Waals surface area contributed by atoms with Crippen LogP contribution in [0.5, 0.6) is 0 Å². The standard InChI is InChI=1S/C61H102O6/c1-4-7-10-13-16-19-22-25-28-29-30-31-34-36-39-42-45-48-51-54-60(63)66-57-58(67-61(64)55-52-49-46-43-40-37-33-27-24-21-18-15-12-9-6-3)56-65-59(62)53-50-47-44-41-38-35-32-26-23-20-17-14-11-8-5-2/h8-9,11-12,14-25,58H,4-7,10,13,26-57H2,1-3H3/b11-8-,12-9-,17-14-,18-15-,19-16-,23-20-,24-21-,25-22-. The minimum atomic E-state index is -0.791. The van der Waals surface area contributed by atoms with Crippen molar-refractivity contribution in [3.63, 3.8) is 0 Å². The van der Waals surface area contributed by atoms with Crippen LogP contribution in [0.25, 0.3) is 0 Å². The van der Waals surface area contributed by atoms with Gasteiger partial charge in [-0.25, -0.2) is 0 Å². The van der Waals surface area contributed by atoms with Crippen LogP contribution in [0.2, 0.25) is 0 Å². The first-order valence-electron chi connectivity index (χ1n) is 27.8. The average molecular weight is 931 g/mol. The van der Waals surface area contributed by atoms with Crippen LogP contribution in [-0.4, -0.2) is 37.2 Å². The van der Waals surface area contributed by atoms with Crippen molar-refractivity contribution in [3.05, 3.63) is 97.2 Å². The number of ether oxygens (including phenoxy) is 3. The predicted octanol–water partition coefficient (Wildman–Crippen LogP) is 18.5. The summed E-state index contributed by atoms with van der Waals surface area (Å²) in [5.41, 5.74) is 0. The van der Waals surface area contributed by atoms with E-state index in [9.17, 15) is 14.4 Å². The van der Waals surface area contributed by atoms with Gasteiger partial charge in [0.15, 0.2) is 6.10 Å². The number of carbonyl (C=O) groups is 3. The van der Waals surface area contributed by atoms with Crippen molar-refractivity contribution in [2.75, 3.05) is 13.2 Å². The van der Waals surface area contributed by atoms with Crippen LogP contribution < -0.4 is 0 Å². The van der Waals surface area contributed by atoms with Gasteiger partial charge >= 0.3 is 17.9 Å². The van der Waals surface area contributed by atoms with Crippen LogP contribution in [0.1, 0.15) is 252 Å². The van der Waals surface area contributed by atoms with E-state index >= 15 is 0 Å². The minimum absolute atomic E-state index is 0.0888. The van der Waals surface area contributed by atoms with Gasteiger partial charge < -0.3 is 14.2 Å². The highest BCUT2D eigenvalue weighted by Crippen LogP contribution is 2.15. The molecule has 1 atom stereocenters. The maximum atomic E-state index is 12.8. The van der Waals surface area contributed by atoms with Crippen molar-refractivity contribution in [2.24, 2.45) is 0 Å². The van der Waals surface area contributed by atoms with Gasteiger partial charge in [-0.05, 0) is 83.5 Å². The third-order valence-corrected chi connectivity index (χ3v) is 11.7. The highest BCUT2D eigenvalue weighted by atomic mass is 16.6. The number of esters is 3. The first kappa shape index (κ1) is 63.3. The van der Waals surface area contributed by atoms with Gasteiger partial charge in [-0.3, -0.25) is 14.4 Å². The van der Waals surface area contributed by atoms with E-state index in [1.165, 1.54) is 128 Å². The zero-order valence-electron chi connectivity index (χ0n) is 43.6. The SMILES string of the molecule is CC\C=C/C=C\C=C/CCCCCCCCCC(=O)OCC(COC(=O)CCCCCCCCCCCC/C=C\C=C/CCCCC)OC(=O)CCCCCCCCC\C=C/C=C\C=C/CC. The van der Waals surface area contributed by atoms with Crippen LogP contribution in [0.15, 0.2) is 97.2 Å².